The molecule has 1 saturated carbocycles. The highest BCUT2D eigenvalue weighted by molar-refractivity contribution is 5.94. The Morgan fingerprint density at radius 2 is 1.96 bits per heavy atom. The monoisotopic (exact) mass is 378 g/mol. The third-order valence-corrected chi connectivity index (χ3v) is 4.05. The summed E-state index contributed by atoms with van der Waals surface area (Å²) < 4.78 is 40.7. The number of amides is 1. The largest absolute Gasteiger partial charge is 0.573 e. The topological polar surface area (TPSA) is 68.3 Å². The number of hydrogen-bond acceptors (Lipinski definition) is 4. The highest BCUT2D eigenvalue weighted by Gasteiger charge is 2.31. The summed E-state index contributed by atoms with van der Waals surface area (Å²) in [6, 6.07) is 8.46. The SMILES string of the molecule is O=C(NCc1cccc(OC(F)(F)F)c1)c1ccnc(CC(=O)C2CC2)c1. The van der Waals surface area contributed by atoms with Crippen molar-refractivity contribution in [1.29, 1.82) is 0 Å². The van der Waals surface area contributed by atoms with Crippen LogP contribution in [0.3, 0.4) is 0 Å². The van der Waals surface area contributed by atoms with Crippen LogP contribution in [-0.2, 0) is 17.8 Å². The molecule has 8 heteroatoms. The van der Waals surface area contributed by atoms with Crippen LogP contribution in [0.5, 0.6) is 5.75 Å². The Balaban J connectivity index is 1.59. The van der Waals surface area contributed by atoms with Crippen molar-refractivity contribution in [1.82, 2.24) is 10.3 Å². The van der Waals surface area contributed by atoms with Gasteiger partial charge in [0, 0.05) is 36.3 Å². The van der Waals surface area contributed by atoms with Gasteiger partial charge in [-0.2, -0.15) is 0 Å². The first kappa shape index (κ1) is 18.9. The second-order valence-corrected chi connectivity index (χ2v) is 6.33. The summed E-state index contributed by atoms with van der Waals surface area (Å²) in [5.74, 6) is -0.504. The van der Waals surface area contributed by atoms with E-state index >= 15 is 0 Å². The number of pyridine rings is 1. The Labute approximate surface area is 153 Å². The number of halogens is 3. The molecule has 0 bridgehead atoms. The van der Waals surface area contributed by atoms with Gasteiger partial charge >= 0.3 is 6.36 Å². The quantitative estimate of drug-likeness (QED) is 0.802. The first-order chi connectivity index (χ1) is 12.8. The standard InChI is InChI=1S/C19H17F3N2O3/c20-19(21,22)27-16-3-1-2-12(8-16)11-24-18(26)14-6-7-23-15(9-14)10-17(25)13-4-5-13/h1-3,6-9,13H,4-5,10-11H2,(H,24,26). The minimum atomic E-state index is -4.77. The molecule has 0 unspecified atom stereocenters. The van der Waals surface area contributed by atoms with Crippen LogP contribution < -0.4 is 10.1 Å². The number of nitrogens with zero attached hydrogens (tertiary/aromatic N) is 1. The molecule has 142 valence electrons. The third-order valence-electron chi connectivity index (χ3n) is 4.05. The van der Waals surface area contributed by atoms with E-state index in [0.29, 0.717) is 16.8 Å². The first-order valence-electron chi connectivity index (χ1n) is 8.41. The van der Waals surface area contributed by atoms with Gasteiger partial charge in [-0.15, -0.1) is 13.2 Å². The number of ether oxygens (including phenoxy) is 1. The molecule has 1 amide bonds. The maximum absolute atomic E-state index is 12.3. The molecule has 1 heterocycles. The number of Topliss-reactive ketones (excluding diaryl/α,β-unsaturated/α-hetero) is 1. The number of aromatic nitrogens is 1. The average Bonchev–Trinajstić information content (AvgIpc) is 3.44. The number of ketones is 1. The average molecular weight is 378 g/mol. The van der Waals surface area contributed by atoms with Gasteiger partial charge in [0.05, 0.1) is 0 Å². The lowest BCUT2D eigenvalue weighted by molar-refractivity contribution is -0.274. The fourth-order valence-electron chi connectivity index (χ4n) is 2.58. The first-order valence-corrected chi connectivity index (χ1v) is 8.41. The number of alkyl halides is 3. The Kier molecular flexibility index (Phi) is 5.43. The zero-order valence-corrected chi connectivity index (χ0v) is 14.3. The summed E-state index contributed by atoms with van der Waals surface area (Å²) in [4.78, 5) is 28.3. The summed E-state index contributed by atoms with van der Waals surface area (Å²) in [5.41, 5.74) is 1.33. The van der Waals surface area contributed by atoms with E-state index < -0.39 is 12.3 Å². The lowest BCUT2D eigenvalue weighted by atomic mass is 10.1. The zero-order chi connectivity index (χ0) is 19.4. The Morgan fingerprint density at radius 3 is 2.67 bits per heavy atom. The number of rotatable bonds is 7. The molecule has 3 rings (SSSR count). The van der Waals surface area contributed by atoms with Crippen molar-refractivity contribution < 1.29 is 27.5 Å². The number of nitrogens with one attached hydrogen (secondary N) is 1. The van der Waals surface area contributed by atoms with Gasteiger partial charge in [0.1, 0.15) is 11.5 Å². The van der Waals surface area contributed by atoms with Crippen molar-refractivity contribution in [3.8, 4) is 5.75 Å². The summed E-state index contributed by atoms with van der Waals surface area (Å²) in [5, 5.41) is 2.63. The van der Waals surface area contributed by atoms with Crippen LogP contribution >= 0.6 is 0 Å². The van der Waals surface area contributed by atoms with Gasteiger partial charge in [0.2, 0.25) is 0 Å². The maximum atomic E-state index is 12.3. The van der Waals surface area contributed by atoms with Gasteiger partial charge in [0.15, 0.2) is 0 Å². The minimum absolute atomic E-state index is 0.0343. The summed E-state index contributed by atoms with van der Waals surface area (Å²) >= 11 is 0. The van der Waals surface area contributed by atoms with Crippen LogP contribution in [0.2, 0.25) is 0 Å². The van der Waals surface area contributed by atoms with Crippen molar-refractivity contribution in [2.24, 2.45) is 5.92 Å². The van der Waals surface area contributed by atoms with Gasteiger partial charge in [-0.3, -0.25) is 14.6 Å². The number of benzene rings is 1. The molecule has 5 nitrogen and oxygen atoms in total. The van der Waals surface area contributed by atoms with Crippen LogP contribution in [-0.4, -0.2) is 23.0 Å². The predicted molar refractivity (Wildman–Crippen MR) is 90.0 cm³/mol. The molecule has 0 aliphatic heterocycles. The lowest BCUT2D eigenvalue weighted by Gasteiger charge is -2.11. The van der Waals surface area contributed by atoms with E-state index in [0.717, 1.165) is 12.8 Å². The summed E-state index contributed by atoms with van der Waals surface area (Å²) in [6.07, 6.45) is -1.29. The Morgan fingerprint density at radius 1 is 1.19 bits per heavy atom. The molecule has 1 aromatic carbocycles. The van der Waals surface area contributed by atoms with E-state index in [-0.39, 0.29) is 30.4 Å². The van der Waals surface area contributed by atoms with Gasteiger partial charge in [-0.25, -0.2) is 0 Å². The van der Waals surface area contributed by atoms with E-state index in [1.165, 1.54) is 30.5 Å². The highest BCUT2D eigenvalue weighted by atomic mass is 19.4. The van der Waals surface area contributed by atoms with E-state index in [2.05, 4.69) is 15.0 Å². The fourth-order valence-corrected chi connectivity index (χ4v) is 2.58. The molecule has 1 fully saturated rings. The summed E-state index contributed by atoms with van der Waals surface area (Å²) in [6.45, 7) is 0.0343. The normalized spacial score (nSPS) is 13.9. The molecule has 0 saturated heterocycles. The number of carbonyl (C=O) groups excluding carboxylic acids is 2. The van der Waals surface area contributed by atoms with Crippen molar-refractivity contribution in [2.45, 2.75) is 32.2 Å². The summed E-state index contributed by atoms with van der Waals surface area (Å²) in [7, 11) is 0. The van der Waals surface area contributed by atoms with E-state index in [4.69, 9.17) is 0 Å². The molecule has 27 heavy (non-hydrogen) atoms. The number of carbonyl (C=O) groups is 2. The van der Waals surface area contributed by atoms with Crippen LogP contribution in [0, 0.1) is 5.92 Å². The van der Waals surface area contributed by atoms with Gasteiger partial charge in [-0.05, 0) is 42.7 Å². The zero-order valence-electron chi connectivity index (χ0n) is 14.3. The highest BCUT2D eigenvalue weighted by Crippen LogP contribution is 2.30. The van der Waals surface area contributed by atoms with Crippen LogP contribution in [0.1, 0.15) is 34.5 Å². The molecule has 1 aliphatic carbocycles. The van der Waals surface area contributed by atoms with Gasteiger partial charge in [-0.1, -0.05) is 12.1 Å². The molecular weight excluding hydrogens is 361 g/mol. The molecule has 0 atom stereocenters. The van der Waals surface area contributed by atoms with Crippen LogP contribution in [0.25, 0.3) is 0 Å². The number of hydrogen-bond donors (Lipinski definition) is 1. The predicted octanol–water partition coefficient (Wildman–Crippen LogP) is 3.43. The second kappa shape index (κ2) is 7.77. The van der Waals surface area contributed by atoms with E-state index in [1.807, 2.05) is 0 Å². The lowest BCUT2D eigenvalue weighted by Crippen LogP contribution is -2.23. The van der Waals surface area contributed by atoms with Crippen molar-refractivity contribution in [3.05, 3.63) is 59.4 Å². The smallest absolute Gasteiger partial charge is 0.406 e. The van der Waals surface area contributed by atoms with Crippen LogP contribution in [0.4, 0.5) is 13.2 Å². The second-order valence-electron chi connectivity index (χ2n) is 6.33. The van der Waals surface area contributed by atoms with Crippen molar-refractivity contribution >= 4 is 11.7 Å². The molecule has 2 aromatic rings. The van der Waals surface area contributed by atoms with Gasteiger partial charge < -0.3 is 10.1 Å². The maximum Gasteiger partial charge on any atom is 0.573 e. The molecule has 1 aliphatic rings. The van der Waals surface area contributed by atoms with Crippen LogP contribution in [0.15, 0.2) is 42.6 Å². The van der Waals surface area contributed by atoms with E-state index in [9.17, 15) is 22.8 Å². The van der Waals surface area contributed by atoms with E-state index in [1.54, 1.807) is 12.1 Å². The molecule has 1 N–H and O–H groups in total. The van der Waals surface area contributed by atoms with Crippen molar-refractivity contribution in [2.75, 3.05) is 0 Å². The molecule has 1 aromatic heterocycles. The minimum Gasteiger partial charge on any atom is -0.406 e. The molecule has 0 spiro atoms. The Hall–Kier alpha value is -2.90. The van der Waals surface area contributed by atoms with Crippen molar-refractivity contribution in [3.63, 3.8) is 0 Å². The fraction of sp³-hybridized carbons (Fsp3) is 0.316. The molecule has 0 radical (unpaired) electrons. The third kappa shape index (κ3) is 5.80. The molecular formula is C19H17F3N2O3. The Bertz CT molecular complexity index is 848. The van der Waals surface area contributed by atoms with Gasteiger partial charge in [0.25, 0.3) is 5.91 Å².